The highest BCUT2D eigenvalue weighted by Crippen LogP contribution is 2.32. The summed E-state index contributed by atoms with van der Waals surface area (Å²) in [5.74, 6) is -0.469. The summed E-state index contributed by atoms with van der Waals surface area (Å²) in [6.07, 6.45) is 5.85. The van der Waals surface area contributed by atoms with Gasteiger partial charge < -0.3 is 11.1 Å². The Morgan fingerprint density at radius 2 is 1.88 bits per heavy atom. The molecular weight excluding hydrogens is 410 g/mol. The molecular formula is C27H27N5O. The van der Waals surface area contributed by atoms with Crippen molar-refractivity contribution in [2.24, 2.45) is 5.73 Å². The highest BCUT2D eigenvalue weighted by molar-refractivity contribution is 5.87. The summed E-state index contributed by atoms with van der Waals surface area (Å²) in [5.41, 5.74) is 12.6. The summed E-state index contributed by atoms with van der Waals surface area (Å²) in [5, 5.41) is 3.42. The van der Waals surface area contributed by atoms with Crippen LogP contribution >= 0.6 is 0 Å². The van der Waals surface area contributed by atoms with Crippen LogP contribution in [-0.2, 0) is 11.2 Å². The van der Waals surface area contributed by atoms with Crippen molar-refractivity contribution < 1.29 is 4.79 Å². The molecule has 4 aromatic rings. The Bertz CT molecular complexity index is 1240. The summed E-state index contributed by atoms with van der Waals surface area (Å²) < 4.78 is 0. The minimum Gasteiger partial charge on any atom is -0.369 e. The SMILES string of the molecule is Cc1ccc(-c2ccc(C(C(N)=O)c3cccnc3)c(NCCc3ccccn3)n2)cc1C. The van der Waals surface area contributed by atoms with Crippen LogP contribution in [-0.4, -0.2) is 27.4 Å². The monoisotopic (exact) mass is 437 g/mol. The maximum Gasteiger partial charge on any atom is 0.229 e. The number of benzene rings is 1. The molecule has 0 bridgehead atoms. The van der Waals surface area contributed by atoms with Gasteiger partial charge in [-0.3, -0.25) is 14.8 Å². The average molecular weight is 438 g/mol. The molecule has 3 heterocycles. The molecule has 1 unspecified atom stereocenters. The lowest BCUT2D eigenvalue weighted by molar-refractivity contribution is -0.118. The van der Waals surface area contributed by atoms with Crippen LogP contribution in [0, 0.1) is 13.8 Å². The zero-order chi connectivity index (χ0) is 23.2. The number of nitrogens with zero attached hydrogens (tertiary/aromatic N) is 3. The summed E-state index contributed by atoms with van der Waals surface area (Å²) in [4.78, 5) is 26.0. The van der Waals surface area contributed by atoms with Gasteiger partial charge in [0.2, 0.25) is 5.91 Å². The fourth-order valence-electron chi connectivity index (χ4n) is 3.80. The van der Waals surface area contributed by atoms with Gasteiger partial charge in [-0.05, 0) is 60.9 Å². The van der Waals surface area contributed by atoms with E-state index in [0.29, 0.717) is 12.4 Å². The van der Waals surface area contributed by atoms with E-state index in [1.807, 2.05) is 36.4 Å². The van der Waals surface area contributed by atoms with E-state index in [1.54, 1.807) is 24.7 Å². The van der Waals surface area contributed by atoms with E-state index in [2.05, 4.69) is 47.3 Å². The molecule has 0 fully saturated rings. The number of amides is 1. The molecule has 1 atom stereocenters. The Morgan fingerprint density at radius 1 is 1.00 bits per heavy atom. The zero-order valence-corrected chi connectivity index (χ0v) is 18.8. The van der Waals surface area contributed by atoms with Crippen LogP contribution in [0.2, 0.25) is 0 Å². The predicted octanol–water partition coefficient (Wildman–Crippen LogP) is 4.43. The van der Waals surface area contributed by atoms with Crippen molar-refractivity contribution in [2.45, 2.75) is 26.2 Å². The molecule has 3 N–H and O–H groups in total. The first kappa shape index (κ1) is 22.1. The van der Waals surface area contributed by atoms with Crippen LogP contribution < -0.4 is 11.1 Å². The minimum absolute atomic E-state index is 0.448. The van der Waals surface area contributed by atoms with Crippen LogP contribution in [0.5, 0.6) is 0 Å². The lowest BCUT2D eigenvalue weighted by Gasteiger charge is -2.19. The van der Waals surface area contributed by atoms with Gasteiger partial charge in [0.25, 0.3) is 0 Å². The van der Waals surface area contributed by atoms with Crippen LogP contribution in [0.15, 0.2) is 79.3 Å². The van der Waals surface area contributed by atoms with Crippen molar-refractivity contribution in [3.8, 4) is 11.3 Å². The van der Waals surface area contributed by atoms with E-state index in [9.17, 15) is 4.79 Å². The number of aromatic nitrogens is 3. The standard InChI is InChI=1S/C27H27N5O/c1-18-8-9-20(16-19(18)2)24-11-10-23(25(26(28)33)21-6-5-13-29-17-21)27(32-24)31-15-12-22-7-3-4-14-30-22/h3-11,13-14,16-17,25H,12,15H2,1-2H3,(H2,28,33)(H,31,32). The topological polar surface area (TPSA) is 93.8 Å². The van der Waals surface area contributed by atoms with Crippen molar-refractivity contribution in [3.05, 3.63) is 107 Å². The van der Waals surface area contributed by atoms with Crippen molar-refractivity contribution in [2.75, 3.05) is 11.9 Å². The third-order valence-electron chi connectivity index (χ3n) is 5.74. The first-order valence-electron chi connectivity index (χ1n) is 10.9. The number of hydrogen-bond acceptors (Lipinski definition) is 5. The number of carbonyl (C=O) groups excluding carboxylic acids is 1. The fourth-order valence-corrected chi connectivity index (χ4v) is 3.80. The Morgan fingerprint density at radius 3 is 2.58 bits per heavy atom. The number of primary amides is 1. The number of pyridine rings is 3. The second kappa shape index (κ2) is 10.0. The summed E-state index contributed by atoms with van der Waals surface area (Å²) in [7, 11) is 0. The summed E-state index contributed by atoms with van der Waals surface area (Å²) in [6, 6.07) is 19.7. The van der Waals surface area contributed by atoms with Crippen LogP contribution in [0.25, 0.3) is 11.3 Å². The van der Waals surface area contributed by atoms with E-state index in [0.717, 1.165) is 34.5 Å². The number of aryl methyl sites for hydroxylation is 2. The largest absolute Gasteiger partial charge is 0.369 e. The number of rotatable bonds is 8. The molecule has 6 nitrogen and oxygen atoms in total. The maximum absolute atomic E-state index is 12.5. The first-order chi connectivity index (χ1) is 16.0. The highest BCUT2D eigenvalue weighted by atomic mass is 16.1. The molecule has 4 rings (SSSR count). The normalized spacial score (nSPS) is 11.7. The van der Waals surface area contributed by atoms with Gasteiger partial charge in [0, 0.05) is 48.4 Å². The maximum atomic E-state index is 12.5. The molecule has 33 heavy (non-hydrogen) atoms. The quantitative estimate of drug-likeness (QED) is 0.425. The predicted molar refractivity (Wildman–Crippen MR) is 131 cm³/mol. The van der Waals surface area contributed by atoms with E-state index in [1.165, 1.54) is 11.1 Å². The van der Waals surface area contributed by atoms with E-state index in [4.69, 9.17) is 10.7 Å². The van der Waals surface area contributed by atoms with Gasteiger partial charge >= 0.3 is 0 Å². The molecule has 0 aliphatic heterocycles. The van der Waals surface area contributed by atoms with Crippen LogP contribution in [0.1, 0.15) is 33.9 Å². The summed E-state index contributed by atoms with van der Waals surface area (Å²) in [6.45, 7) is 4.79. The van der Waals surface area contributed by atoms with Crippen molar-refractivity contribution in [1.82, 2.24) is 15.0 Å². The highest BCUT2D eigenvalue weighted by Gasteiger charge is 2.24. The Kier molecular flexibility index (Phi) is 6.74. The van der Waals surface area contributed by atoms with Gasteiger partial charge in [0.1, 0.15) is 5.82 Å². The third kappa shape index (κ3) is 5.23. The van der Waals surface area contributed by atoms with Crippen molar-refractivity contribution >= 4 is 11.7 Å². The molecule has 0 spiro atoms. The molecule has 3 aromatic heterocycles. The van der Waals surface area contributed by atoms with Gasteiger partial charge in [-0.1, -0.05) is 30.3 Å². The van der Waals surface area contributed by atoms with Gasteiger partial charge in [-0.2, -0.15) is 0 Å². The van der Waals surface area contributed by atoms with Gasteiger partial charge in [-0.25, -0.2) is 4.98 Å². The number of nitrogens with one attached hydrogen (secondary N) is 1. The van der Waals surface area contributed by atoms with Gasteiger partial charge in [0.05, 0.1) is 11.6 Å². The fraction of sp³-hybridized carbons (Fsp3) is 0.185. The third-order valence-corrected chi connectivity index (χ3v) is 5.74. The number of carbonyl (C=O) groups is 1. The van der Waals surface area contributed by atoms with Crippen LogP contribution in [0.3, 0.4) is 0 Å². The van der Waals surface area contributed by atoms with Crippen molar-refractivity contribution in [3.63, 3.8) is 0 Å². The van der Waals surface area contributed by atoms with E-state index < -0.39 is 11.8 Å². The molecule has 0 aliphatic carbocycles. The first-order valence-corrected chi connectivity index (χ1v) is 10.9. The smallest absolute Gasteiger partial charge is 0.229 e. The Hall–Kier alpha value is -4.06. The Labute approximate surface area is 194 Å². The summed E-state index contributed by atoms with van der Waals surface area (Å²) >= 11 is 0. The van der Waals surface area contributed by atoms with E-state index >= 15 is 0 Å². The molecule has 1 aromatic carbocycles. The molecule has 0 saturated heterocycles. The minimum atomic E-state index is -0.655. The number of anilines is 1. The zero-order valence-electron chi connectivity index (χ0n) is 18.8. The second-order valence-corrected chi connectivity index (χ2v) is 8.05. The number of hydrogen-bond donors (Lipinski definition) is 2. The second-order valence-electron chi connectivity index (χ2n) is 8.05. The number of nitrogens with two attached hydrogens (primary N) is 1. The van der Waals surface area contributed by atoms with Gasteiger partial charge in [0.15, 0.2) is 0 Å². The van der Waals surface area contributed by atoms with Crippen molar-refractivity contribution in [1.29, 1.82) is 0 Å². The Balaban J connectivity index is 1.72. The van der Waals surface area contributed by atoms with Crippen LogP contribution in [0.4, 0.5) is 5.82 Å². The molecule has 166 valence electrons. The lowest BCUT2D eigenvalue weighted by atomic mass is 9.91. The van der Waals surface area contributed by atoms with Gasteiger partial charge in [-0.15, -0.1) is 0 Å². The molecule has 1 amide bonds. The lowest BCUT2D eigenvalue weighted by Crippen LogP contribution is -2.24. The van der Waals surface area contributed by atoms with E-state index in [-0.39, 0.29) is 0 Å². The molecule has 0 aliphatic rings. The molecule has 6 heteroatoms. The average Bonchev–Trinajstić information content (AvgIpc) is 2.83. The molecule has 0 saturated carbocycles. The molecule has 0 radical (unpaired) electrons.